The van der Waals surface area contributed by atoms with E-state index in [1.54, 1.807) is 6.20 Å². The molecule has 106 valence electrons. The van der Waals surface area contributed by atoms with Gasteiger partial charge in [0.05, 0.1) is 4.47 Å². The molecule has 0 aliphatic rings. The number of esters is 1. The van der Waals surface area contributed by atoms with E-state index in [2.05, 4.69) is 31.2 Å². The van der Waals surface area contributed by atoms with Crippen LogP contribution in [0.5, 0.6) is 0 Å². The van der Waals surface area contributed by atoms with E-state index in [4.69, 9.17) is 16.3 Å². The molecule has 1 heterocycles. The van der Waals surface area contributed by atoms with Crippen LogP contribution < -0.4 is 5.32 Å². The van der Waals surface area contributed by atoms with E-state index in [0.717, 1.165) is 4.47 Å². The number of hydrogen-bond donors (Lipinski definition) is 1. The maximum absolute atomic E-state index is 11.5. The molecular formula is C12H17BrClN3O2. The minimum atomic E-state index is -0.437. The van der Waals surface area contributed by atoms with Gasteiger partial charge in [0.25, 0.3) is 0 Å². The lowest BCUT2D eigenvalue weighted by Crippen LogP contribution is -2.24. The molecule has 0 amide bonds. The van der Waals surface area contributed by atoms with Crippen molar-refractivity contribution in [2.24, 2.45) is 0 Å². The van der Waals surface area contributed by atoms with Crippen LogP contribution in [-0.4, -0.2) is 28.1 Å². The van der Waals surface area contributed by atoms with Gasteiger partial charge in [0.1, 0.15) is 11.4 Å². The molecule has 1 N–H and O–H groups in total. The summed E-state index contributed by atoms with van der Waals surface area (Å²) in [6, 6.07) is 0. The molecule has 1 rings (SSSR count). The predicted octanol–water partition coefficient (Wildman–Crippen LogP) is 3.43. The molecule has 0 unspecified atom stereocenters. The van der Waals surface area contributed by atoms with Gasteiger partial charge < -0.3 is 10.1 Å². The predicted molar refractivity (Wildman–Crippen MR) is 78.3 cm³/mol. The summed E-state index contributed by atoms with van der Waals surface area (Å²) in [6.07, 6.45) is 2.59. The van der Waals surface area contributed by atoms with Gasteiger partial charge in [-0.1, -0.05) is 0 Å². The molecule has 1 aromatic heterocycles. The fourth-order valence-electron chi connectivity index (χ4n) is 1.30. The Morgan fingerprint density at radius 3 is 2.84 bits per heavy atom. The number of rotatable bonds is 5. The van der Waals surface area contributed by atoms with Crippen molar-refractivity contribution >= 4 is 39.3 Å². The van der Waals surface area contributed by atoms with E-state index in [9.17, 15) is 4.79 Å². The summed E-state index contributed by atoms with van der Waals surface area (Å²) in [6.45, 7) is 6.15. The SMILES string of the molecule is CC(C)(C)OC(=O)CCCNc1nc(Cl)ncc1Br. The second-order valence-corrected chi connectivity index (χ2v) is 6.14. The first kappa shape index (κ1) is 16.2. The van der Waals surface area contributed by atoms with E-state index in [-0.39, 0.29) is 11.3 Å². The van der Waals surface area contributed by atoms with E-state index in [0.29, 0.717) is 25.2 Å². The molecule has 0 aromatic carbocycles. The Morgan fingerprint density at radius 1 is 1.53 bits per heavy atom. The molecule has 19 heavy (non-hydrogen) atoms. The third-order valence-electron chi connectivity index (χ3n) is 1.98. The monoisotopic (exact) mass is 349 g/mol. The van der Waals surface area contributed by atoms with Crippen molar-refractivity contribution in [2.45, 2.75) is 39.2 Å². The maximum atomic E-state index is 11.5. The van der Waals surface area contributed by atoms with Crippen molar-refractivity contribution < 1.29 is 9.53 Å². The fourth-order valence-corrected chi connectivity index (χ4v) is 1.77. The van der Waals surface area contributed by atoms with Gasteiger partial charge in [-0.25, -0.2) is 4.98 Å². The lowest BCUT2D eigenvalue weighted by Gasteiger charge is -2.19. The van der Waals surface area contributed by atoms with Crippen LogP contribution >= 0.6 is 27.5 Å². The van der Waals surface area contributed by atoms with Crippen LogP contribution in [0.15, 0.2) is 10.7 Å². The number of aromatic nitrogens is 2. The molecule has 0 spiro atoms. The lowest BCUT2D eigenvalue weighted by atomic mass is 10.2. The summed E-state index contributed by atoms with van der Waals surface area (Å²) in [4.78, 5) is 19.3. The first-order valence-electron chi connectivity index (χ1n) is 5.92. The number of hydrogen-bond acceptors (Lipinski definition) is 5. The number of nitrogens with zero attached hydrogens (tertiary/aromatic N) is 2. The zero-order valence-electron chi connectivity index (χ0n) is 11.2. The summed E-state index contributed by atoms with van der Waals surface area (Å²) in [5, 5.41) is 3.26. The molecule has 0 atom stereocenters. The van der Waals surface area contributed by atoms with Crippen LogP contribution in [0, 0.1) is 0 Å². The molecule has 1 aromatic rings. The number of halogens is 2. The van der Waals surface area contributed by atoms with Crippen LogP contribution in [0.2, 0.25) is 5.28 Å². The van der Waals surface area contributed by atoms with Crippen LogP contribution in [0.25, 0.3) is 0 Å². The molecule has 0 bridgehead atoms. The van der Waals surface area contributed by atoms with Gasteiger partial charge in [-0.05, 0) is 54.7 Å². The Balaban J connectivity index is 2.31. The van der Waals surface area contributed by atoms with Crippen molar-refractivity contribution in [2.75, 3.05) is 11.9 Å². The third-order valence-corrected chi connectivity index (χ3v) is 2.75. The second-order valence-electron chi connectivity index (χ2n) is 4.95. The Hall–Kier alpha value is -0.880. The van der Waals surface area contributed by atoms with E-state index >= 15 is 0 Å². The Kier molecular flexibility index (Phi) is 6.00. The summed E-state index contributed by atoms with van der Waals surface area (Å²) in [5.41, 5.74) is -0.437. The summed E-state index contributed by atoms with van der Waals surface area (Å²) >= 11 is 9.01. The molecule has 0 aliphatic heterocycles. The number of ether oxygens (including phenoxy) is 1. The van der Waals surface area contributed by atoms with Gasteiger partial charge in [-0.2, -0.15) is 4.98 Å². The Labute approximate surface area is 126 Å². The first-order chi connectivity index (χ1) is 8.78. The third kappa shape index (κ3) is 6.73. The van der Waals surface area contributed by atoms with Crippen LogP contribution in [0.1, 0.15) is 33.6 Å². The molecular weight excluding hydrogens is 334 g/mol. The van der Waals surface area contributed by atoms with Crippen molar-refractivity contribution in [3.8, 4) is 0 Å². The van der Waals surface area contributed by atoms with Gasteiger partial charge in [-0.15, -0.1) is 0 Å². The smallest absolute Gasteiger partial charge is 0.306 e. The number of carbonyl (C=O) groups excluding carboxylic acids is 1. The summed E-state index contributed by atoms with van der Waals surface area (Å²) in [5.74, 6) is 0.415. The highest BCUT2D eigenvalue weighted by Gasteiger charge is 2.15. The van der Waals surface area contributed by atoms with Crippen molar-refractivity contribution in [1.82, 2.24) is 9.97 Å². The molecule has 0 saturated carbocycles. The average Bonchev–Trinajstić information content (AvgIpc) is 2.26. The van der Waals surface area contributed by atoms with Crippen LogP contribution in [-0.2, 0) is 9.53 Å². The highest BCUT2D eigenvalue weighted by molar-refractivity contribution is 9.10. The highest BCUT2D eigenvalue weighted by Crippen LogP contribution is 2.20. The topological polar surface area (TPSA) is 64.1 Å². The molecule has 0 aliphatic carbocycles. The van der Waals surface area contributed by atoms with Crippen molar-refractivity contribution in [3.63, 3.8) is 0 Å². The van der Waals surface area contributed by atoms with E-state index in [1.807, 2.05) is 20.8 Å². The second kappa shape index (κ2) is 7.05. The molecule has 5 nitrogen and oxygen atoms in total. The van der Waals surface area contributed by atoms with Crippen LogP contribution in [0.4, 0.5) is 5.82 Å². The number of nitrogens with one attached hydrogen (secondary N) is 1. The van der Waals surface area contributed by atoms with Gasteiger partial charge in [-0.3, -0.25) is 4.79 Å². The maximum Gasteiger partial charge on any atom is 0.306 e. The molecule has 7 heteroatoms. The normalized spacial score (nSPS) is 11.2. The first-order valence-corrected chi connectivity index (χ1v) is 7.09. The van der Waals surface area contributed by atoms with Gasteiger partial charge in [0.2, 0.25) is 5.28 Å². The number of carbonyl (C=O) groups is 1. The largest absolute Gasteiger partial charge is 0.460 e. The van der Waals surface area contributed by atoms with Crippen molar-refractivity contribution in [1.29, 1.82) is 0 Å². The van der Waals surface area contributed by atoms with Crippen LogP contribution in [0.3, 0.4) is 0 Å². The average molecular weight is 351 g/mol. The fraction of sp³-hybridized carbons (Fsp3) is 0.583. The standard InChI is InChI=1S/C12H17BrClN3O2/c1-12(2,3)19-9(18)5-4-6-15-10-8(13)7-16-11(14)17-10/h7H,4-6H2,1-3H3,(H,15,16,17). The van der Waals surface area contributed by atoms with E-state index < -0.39 is 5.60 Å². The Morgan fingerprint density at radius 2 is 2.21 bits per heavy atom. The molecule has 0 fully saturated rings. The lowest BCUT2D eigenvalue weighted by molar-refractivity contribution is -0.154. The van der Waals surface area contributed by atoms with Gasteiger partial charge in [0, 0.05) is 19.2 Å². The highest BCUT2D eigenvalue weighted by atomic mass is 79.9. The van der Waals surface area contributed by atoms with Crippen molar-refractivity contribution in [3.05, 3.63) is 16.0 Å². The Bertz CT molecular complexity index is 449. The summed E-state index contributed by atoms with van der Waals surface area (Å²) in [7, 11) is 0. The zero-order chi connectivity index (χ0) is 14.5. The molecule has 0 saturated heterocycles. The number of anilines is 1. The molecule has 0 radical (unpaired) electrons. The zero-order valence-corrected chi connectivity index (χ0v) is 13.5. The minimum Gasteiger partial charge on any atom is -0.460 e. The minimum absolute atomic E-state index is 0.179. The quantitative estimate of drug-likeness (QED) is 0.501. The van der Waals surface area contributed by atoms with E-state index in [1.165, 1.54) is 0 Å². The van der Waals surface area contributed by atoms with Gasteiger partial charge >= 0.3 is 5.97 Å². The van der Waals surface area contributed by atoms with Gasteiger partial charge in [0.15, 0.2) is 0 Å². The summed E-state index contributed by atoms with van der Waals surface area (Å²) < 4.78 is 5.94.